The Kier molecular flexibility index (Phi) is 5.26. The predicted octanol–water partition coefficient (Wildman–Crippen LogP) is 1.63. The van der Waals surface area contributed by atoms with Gasteiger partial charge in [-0.05, 0) is 6.42 Å². The van der Waals surface area contributed by atoms with Gasteiger partial charge in [0.05, 0.1) is 5.73 Å². The van der Waals surface area contributed by atoms with Crippen LogP contribution in [-0.2, 0) is 4.74 Å². The third kappa shape index (κ3) is 2.50. The first-order valence-electron chi connectivity index (χ1n) is 3.58. The van der Waals surface area contributed by atoms with E-state index in [-0.39, 0.29) is 0 Å². The highest BCUT2D eigenvalue weighted by Crippen LogP contribution is 2.03. The van der Waals surface area contributed by atoms with Crippen LogP contribution >= 0.6 is 0 Å². The first kappa shape index (κ1) is 9.66. The molecule has 0 bridgehead atoms. The summed E-state index contributed by atoms with van der Waals surface area (Å²) in [5.74, 6) is 0. The number of hydrogen-bond acceptors (Lipinski definition) is 1. The Morgan fingerprint density at radius 1 is 1.50 bits per heavy atom. The van der Waals surface area contributed by atoms with Crippen LogP contribution in [0.2, 0.25) is 0 Å². The summed E-state index contributed by atoms with van der Waals surface area (Å²) in [6.07, 6.45) is 1.06. The van der Waals surface area contributed by atoms with E-state index in [1.165, 1.54) is 0 Å². The van der Waals surface area contributed by atoms with Crippen LogP contribution in [0.5, 0.6) is 0 Å². The zero-order valence-electron chi connectivity index (χ0n) is 6.84. The number of rotatable bonds is 5. The van der Waals surface area contributed by atoms with E-state index in [0.29, 0.717) is 5.73 Å². The third-order valence-corrected chi connectivity index (χ3v) is 4.37. The summed E-state index contributed by atoms with van der Waals surface area (Å²) in [6.45, 7) is 9.64. The molecule has 0 amide bonds. The van der Waals surface area contributed by atoms with Crippen molar-refractivity contribution < 1.29 is 4.74 Å². The fourth-order valence-corrected chi connectivity index (χ4v) is 2.65. The maximum absolute atomic E-state index is 5.26. The van der Waals surface area contributed by atoms with Gasteiger partial charge in [-0.15, -0.1) is 13.2 Å². The van der Waals surface area contributed by atoms with Gasteiger partial charge in [-0.3, -0.25) is 0 Å². The van der Waals surface area contributed by atoms with Gasteiger partial charge in [-0.2, -0.15) is 0 Å². The first-order valence-corrected chi connectivity index (χ1v) is 5.58. The molecule has 0 radical (unpaired) electrons. The van der Waals surface area contributed by atoms with E-state index in [0.717, 1.165) is 6.42 Å². The lowest BCUT2D eigenvalue weighted by molar-refractivity contribution is 0.159. The van der Waals surface area contributed by atoms with Gasteiger partial charge < -0.3 is 4.74 Å². The standard InChI is InChI=1S/C8H16OSi/c1-5-8(9-4)10(6-2)7-3/h6-8,10H,2-3,5H2,1,4H3. The molecule has 0 aromatic rings. The highest BCUT2D eigenvalue weighted by Gasteiger charge is 2.13. The largest absolute Gasteiger partial charge is 0.384 e. The van der Waals surface area contributed by atoms with Crippen molar-refractivity contribution in [2.45, 2.75) is 19.1 Å². The van der Waals surface area contributed by atoms with Gasteiger partial charge in [0, 0.05) is 7.11 Å². The summed E-state index contributed by atoms with van der Waals surface area (Å²) in [7, 11) is 0.750. The fraction of sp³-hybridized carbons (Fsp3) is 0.500. The SMILES string of the molecule is C=C[SiH](C=C)C(CC)OC. The second-order valence-electron chi connectivity index (χ2n) is 2.23. The van der Waals surface area contributed by atoms with E-state index < -0.39 is 8.80 Å². The Labute approximate surface area is 65.0 Å². The van der Waals surface area contributed by atoms with Gasteiger partial charge in [0.1, 0.15) is 8.80 Å². The Hall–Kier alpha value is -0.343. The maximum atomic E-state index is 5.26. The highest BCUT2D eigenvalue weighted by atomic mass is 28.3. The van der Waals surface area contributed by atoms with E-state index in [2.05, 4.69) is 20.1 Å². The molecule has 1 unspecified atom stereocenters. The van der Waals surface area contributed by atoms with E-state index in [1.807, 2.05) is 11.4 Å². The molecule has 2 heteroatoms. The molecule has 1 atom stereocenters. The Balaban J connectivity index is 3.93. The summed E-state index contributed by atoms with van der Waals surface area (Å²) in [6, 6.07) is 0. The predicted molar refractivity (Wildman–Crippen MR) is 48.6 cm³/mol. The van der Waals surface area contributed by atoms with Crippen LogP contribution in [-0.4, -0.2) is 21.6 Å². The second-order valence-corrected chi connectivity index (χ2v) is 5.07. The Bertz CT molecular complexity index is 99.8. The molecule has 1 nitrogen and oxygen atoms in total. The lowest BCUT2D eigenvalue weighted by Crippen LogP contribution is -2.28. The van der Waals surface area contributed by atoms with E-state index in [4.69, 9.17) is 4.74 Å². The van der Waals surface area contributed by atoms with Crippen molar-refractivity contribution in [2.24, 2.45) is 0 Å². The molecule has 0 spiro atoms. The highest BCUT2D eigenvalue weighted by molar-refractivity contribution is 6.70. The molecule has 0 aromatic heterocycles. The molecular formula is C8H16OSi. The molecule has 0 saturated heterocycles. The minimum Gasteiger partial charge on any atom is -0.384 e. The van der Waals surface area contributed by atoms with Crippen LogP contribution in [0.4, 0.5) is 0 Å². The van der Waals surface area contributed by atoms with Crippen molar-refractivity contribution >= 4 is 8.80 Å². The smallest absolute Gasteiger partial charge is 0.117 e. The quantitative estimate of drug-likeness (QED) is 0.550. The molecule has 0 rings (SSSR count). The van der Waals surface area contributed by atoms with Crippen LogP contribution in [0.25, 0.3) is 0 Å². The molecule has 0 heterocycles. The van der Waals surface area contributed by atoms with E-state index in [1.54, 1.807) is 7.11 Å². The van der Waals surface area contributed by atoms with Crippen LogP contribution in [0.1, 0.15) is 13.3 Å². The molecule has 0 aliphatic rings. The van der Waals surface area contributed by atoms with Gasteiger partial charge in [-0.25, -0.2) is 0 Å². The van der Waals surface area contributed by atoms with Crippen LogP contribution in [0, 0.1) is 0 Å². The van der Waals surface area contributed by atoms with Crippen LogP contribution < -0.4 is 0 Å². The molecule has 0 saturated carbocycles. The average Bonchev–Trinajstić information content (AvgIpc) is 2.00. The molecule has 0 aliphatic carbocycles. The van der Waals surface area contributed by atoms with E-state index in [9.17, 15) is 0 Å². The fourth-order valence-electron chi connectivity index (χ4n) is 0.996. The zero-order chi connectivity index (χ0) is 7.98. The van der Waals surface area contributed by atoms with Gasteiger partial charge in [0.15, 0.2) is 0 Å². The van der Waals surface area contributed by atoms with Gasteiger partial charge in [0.2, 0.25) is 0 Å². The summed E-state index contributed by atoms with van der Waals surface area (Å²) < 4.78 is 5.26. The van der Waals surface area contributed by atoms with Gasteiger partial charge >= 0.3 is 0 Å². The molecule has 0 N–H and O–H groups in total. The van der Waals surface area contributed by atoms with Crippen LogP contribution in [0.15, 0.2) is 24.6 Å². The molecule has 0 aromatic carbocycles. The lowest BCUT2D eigenvalue weighted by Gasteiger charge is -2.16. The lowest BCUT2D eigenvalue weighted by atomic mass is 10.5. The normalized spacial score (nSPS) is 13.1. The molecule has 0 aliphatic heterocycles. The van der Waals surface area contributed by atoms with Gasteiger partial charge in [-0.1, -0.05) is 18.3 Å². The van der Waals surface area contributed by atoms with Crippen molar-refractivity contribution in [3.63, 3.8) is 0 Å². The first-order chi connectivity index (χ1) is 4.79. The second kappa shape index (κ2) is 5.44. The number of hydrogen-bond donors (Lipinski definition) is 0. The van der Waals surface area contributed by atoms with Crippen molar-refractivity contribution in [1.82, 2.24) is 0 Å². The Morgan fingerprint density at radius 2 is 2.00 bits per heavy atom. The van der Waals surface area contributed by atoms with Crippen molar-refractivity contribution in [1.29, 1.82) is 0 Å². The summed E-state index contributed by atoms with van der Waals surface area (Å²) in [5.41, 5.74) is 4.39. The molecule has 10 heavy (non-hydrogen) atoms. The topological polar surface area (TPSA) is 9.23 Å². The monoisotopic (exact) mass is 156 g/mol. The Morgan fingerprint density at radius 3 is 2.10 bits per heavy atom. The van der Waals surface area contributed by atoms with Gasteiger partial charge in [0.25, 0.3) is 0 Å². The van der Waals surface area contributed by atoms with Crippen molar-refractivity contribution in [2.75, 3.05) is 7.11 Å². The summed E-state index contributed by atoms with van der Waals surface area (Å²) in [4.78, 5) is 0. The molecular weight excluding hydrogens is 140 g/mol. The third-order valence-electron chi connectivity index (χ3n) is 1.68. The van der Waals surface area contributed by atoms with Crippen LogP contribution in [0.3, 0.4) is 0 Å². The average molecular weight is 156 g/mol. The summed E-state index contributed by atoms with van der Waals surface area (Å²) >= 11 is 0. The van der Waals surface area contributed by atoms with Crippen molar-refractivity contribution in [3.8, 4) is 0 Å². The molecule has 58 valence electrons. The van der Waals surface area contributed by atoms with E-state index >= 15 is 0 Å². The van der Waals surface area contributed by atoms with Crippen molar-refractivity contribution in [3.05, 3.63) is 24.6 Å². The minimum atomic E-state index is -1.00. The maximum Gasteiger partial charge on any atom is 0.117 e. The summed E-state index contributed by atoms with van der Waals surface area (Å²) in [5, 5.41) is 0. The number of ether oxygens (including phenoxy) is 1. The zero-order valence-corrected chi connectivity index (χ0v) is 7.99. The minimum absolute atomic E-state index is 0.384. The molecule has 0 fully saturated rings. The number of methoxy groups -OCH3 is 1.